The lowest BCUT2D eigenvalue weighted by Gasteiger charge is -2.12. The molecule has 0 saturated heterocycles. The van der Waals surface area contributed by atoms with Crippen LogP contribution in [0.15, 0.2) is 36.5 Å². The summed E-state index contributed by atoms with van der Waals surface area (Å²) in [6.07, 6.45) is 1.89. The van der Waals surface area contributed by atoms with Crippen LogP contribution in [0.25, 0.3) is 0 Å². The maximum Gasteiger partial charge on any atom is 0.141 e. The number of rotatable bonds is 4. The van der Waals surface area contributed by atoms with E-state index in [9.17, 15) is 0 Å². The number of aryl methyl sites for hydroxylation is 2. The van der Waals surface area contributed by atoms with E-state index in [0.29, 0.717) is 0 Å². The fourth-order valence-corrected chi connectivity index (χ4v) is 1.76. The van der Waals surface area contributed by atoms with Crippen LogP contribution >= 0.6 is 0 Å². The quantitative estimate of drug-likeness (QED) is 0.893. The Balaban J connectivity index is 2.09. The molecule has 0 bridgehead atoms. The van der Waals surface area contributed by atoms with Crippen LogP contribution in [0.1, 0.15) is 16.8 Å². The summed E-state index contributed by atoms with van der Waals surface area (Å²) in [5.41, 5.74) is 4.41. The highest BCUT2D eigenvalue weighted by Crippen LogP contribution is 2.25. The molecule has 1 heterocycles. The Labute approximate surface area is 108 Å². The third-order valence-electron chi connectivity index (χ3n) is 2.81. The van der Waals surface area contributed by atoms with E-state index in [2.05, 4.69) is 29.4 Å². The number of benzene rings is 1. The van der Waals surface area contributed by atoms with Crippen molar-refractivity contribution in [3.05, 3.63) is 53.3 Å². The van der Waals surface area contributed by atoms with E-state index in [1.165, 1.54) is 5.56 Å². The van der Waals surface area contributed by atoms with Gasteiger partial charge in [-0.3, -0.25) is 4.98 Å². The average Bonchev–Trinajstić information content (AvgIpc) is 2.38. The summed E-state index contributed by atoms with van der Waals surface area (Å²) in [4.78, 5) is 4.28. The van der Waals surface area contributed by atoms with Crippen molar-refractivity contribution >= 4 is 5.69 Å². The Morgan fingerprint density at radius 2 is 2.00 bits per heavy atom. The summed E-state index contributed by atoms with van der Waals surface area (Å²) in [7, 11) is 1.68. The Kier molecular flexibility index (Phi) is 3.82. The Hall–Kier alpha value is -2.03. The van der Waals surface area contributed by atoms with Gasteiger partial charge in [0.25, 0.3) is 0 Å². The van der Waals surface area contributed by atoms with Gasteiger partial charge in [0.1, 0.15) is 5.75 Å². The molecular weight excluding hydrogens is 224 g/mol. The summed E-state index contributed by atoms with van der Waals surface area (Å²) in [5, 5.41) is 3.38. The highest BCUT2D eigenvalue weighted by molar-refractivity contribution is 5.58. The predicted molar refractivity (Wildman–Crippen MR) is 74.0 cm³/mol. The lowest BCUT2D eigenvalue weighted by Crippen LogP contribution is -2.02. The number of aromatic nitrogens is 1. The van der Waals surface area contributed by atoms with E-state index in [4.69, 9.17) is 4.74 Å². The topological polar surface area (TPSA) is 34.1 Å². The van der Waals surface area contributed by atoms with Crippen LogP contribution < -0.4 is 10.1 Å². The molecule has 2 aromatic rings. The largest absolute Gasteiger partial charge is 0.495 e. The molecule has 1 aromatic carbocycles. The van der Waals surface area contributed by atoms with E-state index >= 15 is 0 Å². The normalized spacial score (nSPS) is 10.2. The highest BCUT2D eigenvalue weighted by atomic mass is 16.5. The molecule has 0 spiro atoms. The molecular formula is C15H18N2O. The van der Waals surface area contributed by atoms with Crippen LogP contribution in [-0.2, 0) is 6.54 Å². The lowest BCUT2D eigenvalue weighted by molar-refractivity contribution is 0.416. The van der Waals surface area contributed by atoms with Crippen LogP contribution in [0.2, 0.25) is 0 Å². The molecule has 1 N–H and O–H groups in total. The number of hydrogen-bond donors (Lipinski definition) is 1. The number of methoxy groups -OCH3 is 1. The molecule has 0 radical (unpaired) electrons. The zero-order chi connectivity index (χ0) is 13.0. The molecule has 0 aliphatic heterocycles. The fraction of sp³-hybridized carbons (Fsp3) is 0.267. The van der Waals surface area contributed by atoms with Crippen molar-refractivity contribution in [1.82, 2.24) is 4.98 Å². The third kappa shape index (κ3) is 3.00. The SMILES string of the molecule is COc1ccc(C)cc1NCc1ccc(C)nc1. The summed E-state index contributed by atoms with van der Waals surface area (Å²) in [6.45, 7) is 4.80. The number of nitrogens with one attached hydrogen (secondary N) is 1. The van der Waals surface area contributed by atoms with E-state index in [1.807, 2.05) is 31.3 Å². The first-order chi connectivity index (χ1) is 8.69. The van der Waals surface area contributed by atoms with Gasteiger partial charge in [-0.25, -0.2) is 0 Å². The van der Waals surface area contributed by atoms with Crippen molar-refractivity contribution in [2.75, 3.05) is 12.4 Å². The van der Waals surface area contributed by atoms with Crippen molar-refractivity contribution in [2.45, 2.75) is 20.4 Å². The molecule has 0 unspecified atom stereocenters. The van der Waals surface area contributed by atoms with Gasteiger partial charge in [-0.2, -0.15) is 0 Å². The van der Waals surface area contributed by atoms with Gasteiger partial charge in [0.05, 0.1) is 12.8 Å². The summed E-state index contributed by atoms with van der Waals surface area (Å²) >= 11 is 0. The molecule has 94 valence electrons. The number of pyridine rings is 1. The van der Waals surface area contributed by atoms with Crippen molar-refractivity contribution in [1.29, 1.82) is 0 Å². The maximum atomic E-state index is 5.33. The van der Waals surface area contributed by atoms with Crippen molar-refractivity contribution in [3.63, 3.8) is 0 Å². The average molecular weight is 242 g/mol. The molecule has 0 saturated carbocycles. The smallest absolute Gasteiger partial charge is 0.141 e. The minimum Gasteiger partial charge on any atom is -0.495 e. The molecule has 0 atom stereocenters. The molecule has 0 aliphatic rings. The van der Waals surface area contributed by atoms with E-state index < -0.39 is 0 Å². The number of anilines is 1. The standard InChI is InChI=1S/C15H18N2O/c1-11-4-7-15(18-3)14(8-11)17-10-13-6-5-12(2)16-9-13/h4-9,17H,10H2,1-3H3. The predicted octanol–water partition coefficient (Wildman–Crippen LogP) is 3.32. The van der Waals surface area contributed by atoms with Gasteiger partial charge in [-0.1, -0.05) is 12.1 Å². The molecule has 0 fully saturated rings. The Bertz CT molecular complexity index is 521. The minimum atomic E-state index is 0.743. The third-order valence-corrected chi connectivity index (χ3v) is 2.81. The summed E-state index contributed by atoms with van der Waals surface area (Å²) in [5.74, 6) is 0.862. The monoisotopic (exact) mass is 242 g/mol. The number of ether oxygens (including phenoxy) is 1. The lowest BCUT2D eigenvalue weighted by atomic mass is 10.2. The Morgan fingerprint density at radius 1 is 1.17 bits per heavy atom. The molecule has 3 nitrogen and oxygen atoms in total. The summed E-state index contributed by atoms with van der Waals surface area (Å²) in [6, 6.07) is 10.2. The minimum absolute atomic E-state index is 0.743. The zero-order valence-electron chi connectivity index (χ0n) is 11.0. The highest BCUT2D eigenvalue weighted by Gasteiger charge is 2.02. The van der Waals surface area contributed by atoms with Crippen molar-refractivity contribution in [2.24, 2.45) is 0 Å². The van der Waals surface area contributed by atoms with Gasteiger partial charge >= 0.3 is 0 Å². The first-order valence-corrected chi connectivity index (χ1v) is 5.99. The molecule has 0 amide bonds. The van der Waals surface area contributed by atoms with Crippen LogP contribution in [0, 0.1) is 13.8 Å². The van der Waals surface area contributed by atoms with E-state index in [-0.39, 0.29) is 0 Å². The van der Waals surface area contributed by atoms with E-state index in [0.717, 1.165) is 29.2 Å². The van der Waals surface area contributed by atoms with Crippen LogP contribution in [0.5, 0.6) is 5.75 Å². The first-order valence-electron chi connectivity index (χ1n) is 5.99. The summed E-state index contributed by atoms with van der Waals surface area (Å²) < 4.78 is 5.33. The second-order valence-electron chi connectivity index (χ2n) is 4.37. The van der Waals surface area contributed by atoms with E-state index in [1.54, 1.807) is 7.11 Å². The van der Waals surface area contributed by atoms with Gasteiger partial charge in [0.2, 0.25) is 0 Å². The molecule has 18 heavy (non-hydrogen) atoms. The Morgan fingerprint density at radius 3 is 2.67 bits per heavy atom. The van der Waals surface area contributed by atoms with Gasteiger partial charge in [0, 0.05) is 18.4 Å². The van der Waals surface area contributed by atoms with Crippen LogP contribution in [-0.4, -0.2) is 12.1 Å². The van der Waals surface area contributed by atoms with Crippen LogP contribution in [0.4, 0.5) is 5.69 Å². The first kappa shape index (κ1) is 12.4. The van der Waals surface area contributed by atoms with Gasteiger partial charge < -0.3 is 10.1 Å². The maximum absolute atomic E-state index is 5.33. The van der Waals surface area contributed by atoms with Gasteiger partial charge in [-0.15, -0.1) is 0 Å². The molecule has 3 heteroatoms. The van der Waals surface area contributed by atoms with Gasteiger partial charge in [-0.05, 0) is 43.2 Å². The van der Waals surface area contributed by atoms with Gasteiger partial charge in [0.15, 0.2) is 0 Å². The zero-order valence-corrected chi connectivity index (χ0v) is 11.0. The number of nitrogens with zero attached hydrogens (tertiary/aromatic N) is 1. The second kappa shape index (κ2) is 5.54. The molecule has 1 aromatic heterocycles. The molecule has 0 aliphatic carbocycles. The number of hydrogen-bond acceptors (Lipinski definition) is 3. The van der Waals surface area contributed by atoms with Crippen molar-refractivity contribution < 1.29 is 4.74 Å². The second-order valence-corrected chi connectivity index (χ2v) is 4.37. The fourth-order valence-electron chi connectivity index (χ4n) is 1.76. The van der Waals surface area contributed by atoms with Crippen molar-refractivity contribution in [3.8, 4) is 5.75 Å². The van der Waals surface area contributed by atoms with Crippen LogP contribution in [0.3, 0.4) is 0 Å². The molecule has 2 rings (SSSR count).